The fraction of sp³-hybridized carbons (Fsp3) is 0.400. The molecule has 0 bridgehead atoms. The summed E-state index contributed by atoms with van der Waals surface area (Å²) in [5.41, 5.74) is 6.70. The van der Waals surface area contributed by atoms with Gasteiger partial charge in [-0.3, -0.25) is 0 Å². The minimum Gasteiger partial charge on any atom is -0.493 e. The van der Waals surface area contributed by atoms with Crippen LogP contribution in [0.25, 0.3) is 0 Å². The zero-order valence-electron chi connectivity index (χ0n) is 14.8. The summed E-state index contributed by atoms with van der Waals surface area (Å²) in [6.45, 7) is 8.36. The van der Waals surface area contributed by atoms with E-state index in [1.54, 1.807) is 14.2 Å². The van der Waals surface area contributed by atoms with Crippen molar-refractivity contribution in [3.63, 3.8) is 0 Å². The molecular formula is C20H27NO2. The number of methoxy groups -OCH3 is 2. The van der Waals surface area contributed by atoms with Crippen molar-refractivity contribution in [1.29, 1.82) is 0 Å². The van der Waals surface area contributed by atoms with E-state index in [1.165, 1.54) is 27.8 Å². The van der Waals surface area contributed by atoms with Crippen molar-refractivity contribution in [2.75, 3.05) is 20.8 Å². The molecule has 2 aromatic rings. The average Bonchev–Trinajstić information content (AvgIpc) is 2.52. The minimum absolute atomic E-state index is 0.773. The lowest BCUT2D eigenvalue weighted by molar-refractivity contribution is 0.354. The van der Waals surface area contributed by atoms with Crippen LogP contribution in [0.4, 0.5) is 0 Å². The normalized spacial score (nSPS) is 10.7. The van der Waals surface area contributed by atoms with E-state index in [9.17, 15) is 0 Å². The van der Waals surface area contributed by atoms with Crippen molar-refractivity contribution >= 4 is 0 Å². The smallest absolute Gasteiger partial charge is 0.160 e. The Morgan fingerprint density at radius 1 is 0.870 bits per heavy atom. The van der Waals surface area contributed by atoms with E-state index in [-0.39, 0.29) is 0 Å². The Morgan fingerprint density at radius 2 is 1.52 bits per heavy atom. The molecule has 0 amide bonds. The molecule has 0 aromatic heterocycles. The maximum Gasteiger partial charge on any atom is 0.160 e. The first-order valence-corrected chi connectivity index (χ1v) is 8.03. The van der Waals surface area contributed by atoms with Gasteiger partial charge in [-0.2, -0.15) is 0 Å². The Hall–Kier alpha value is -2.00. The predicted molar refractivity (Wildman–Crippen MR) is 95.6 cm³/mol. The van der Waals surface area contributed by atoms with Crippen LogP contribution >= 0.6 is 0 Å². The van der Waals surface area contributed by atoms with Crippen LogP contribution in [-0.2, 0) is 13.0 Å². The van der Waals surface area contributed by atoms with Gasteiger partial charge >= 0.3 is 0 Å². The average molecular weight is 313 g/mol. The van der Waals surface area contributed by atoms with Crippen molar-refractivity contribution in [2.45, 2.75) is 33.7 Å². The van der Waals surface area contributed by atoms with E-state index < -0.39 is 0 Å². The standard InChI is InChI=1S/C20H27NO2/c1-14-10-15(2)18(16(3)11-14)13-21-9-8-17-6-7-19(22-4)20(12-17)23-5/h6-7,10-12,21H,8-9,13H2,1-5H3. The molecule has 0 unspecified atom stereocenters. The van der Waals surface area contributed by atoms with Gasteiger partial charge in [0.05, 0.1) is 14.2 Å². The van der Waals surface area contributed by atoms with Crippen LogP contribution in [0.5, 0.6) is 11.5 Å². The summed E-state index contributed by atoms with van der Waals surface area (Å²) in [4.78, 5) is 0. The second kappa shape index (κ2) is 8.02. The second-order valence-electron chi connectivity index (χ2n) is 5.99. The summed E-state index contributed by atoms with van der Waals surface area (Å²) in [5, 5.41) is 3.55. The molecule has 3 heteroatoms. The first-order valence-electron chi connectivity index (χ1n) is 8.03. The third-order valence-corrected chi connectivity index (χ3v) is 4.18. The SMILES string of the molecule is COc1ccc(CCNCc2c(C)cc(C)cc2C)cc1OC. The molecule has 0 aliphatic rings. The molecule has 124 valence electrons. The summed E-state index contributed by atoms with van der Waals surface area (Å²) >= 11 is 0. The molecule has 0 radical (unpaired) electrons. The Balaban J connectivity index is 1.91. The fourth-order valence-corrected chi connectivity index (χ4v) is 2.97. The summed E-state index contributed by atoms with van der Waals surface area (Å²) < 4.78 is 10.6. The molecule has 2 rings (SSSR count). The maximum atomic E-state index is 5.35. The first kappa shape index (κ1) is 17.4. The van der Waals surface area contributed by atoms with Crippen molar-refractivity contribution in [1.82, 2.24) is 5.32 Å². The van der Waals surface area contributed by atoms with Gasteiger partial charge in [0.25, 0.3) is 0 Å². The molecule has 23 heavy (non-hydrogen) atoms. The third-order valence-electron chi connectivity index (χ3n) is 4.18. The zero-order chi connectivity index (χ0) is 16.8. The minimum atomic E-state index is 0.773. The Morgan fingerprint density at radius 3 is 2.13 bits per heavy atom. The molecule has 0 aliphatic carbocycles. The molecule has 0 heterocycles. The molecule has 2 aromatic carbocycles. The van der Waals surface area contributed by atoms with Crippen molar-refractivity contribution in [2.24, 2.45) is 0 Å². The van der Waals surface area contributed by atoms with E-state index in [1.807, 2.05) is 12.1 Å². The maximum absolute atomic E-state index is 5.35. The fourth-order valence-electron chi connectivity index (χ4n) is 2.97. The number of hydrogen-bond acceptors (Lipinski definition) is 3. The molecule has 0 saturated heterocycles. The van der Waals surface area contributed by atoms with Gasteiger partial charge in [-0.15, -0.1) is 0 Å². The molecule has 0 aliphatic heterocycles. The molecule has 1 N–H and O–H groups in total. The van der Waals surface area contributed by atoms with E-state index in [0.717, 1.165) is 31.0 Å². The van der Waals surface area contributed by atoms with Gasteiger partial charge in [0.2, 0.25) is 0 Å². The highest BCUT2D eigenvalue weighted by Crippen LogP contribution is 2.27. The zero-order valence-corrected chi connectivity index (χ0v) is 14.8. The van der Waals surface area contributed by atoms with Crippen LogP contribution in [0, 0.1) is 20.8 Å². The highest BCUT2D eigenvalue weighted by Gasteiger charge is 2.06. The van der Waals surface area contributed by atoms with Gasteiger partial charge in [-0.25, -0.2) is 0 Å². The Kier molecular flexibility index (Phi) is 6.05. The number of rotatable bonds is 7. The lowest BCUT2D eigenvalue weighted by Crippen LogP contribution is -2.18. The number of hydrogen-bond donors (Lipinski definition) is 1. The lowest BCUT2D eigenvalue weighted by atomic mass is 10.00. The highest BCUT2D eigenvalue weighted by molar-refractivity contribution is 5.43. The number of nitrogens with one attached hydrogen (secondary N) is 1. The summed E-state index contributed by atoms with van der Waals surface area (Å²) in [7, 11) is 3.33. The molecule has 0 saturated carbocycles. The molecule has 0 fully saturated rings. The van der Waals surface area contributed by atoms with Crippen molar-refractivity contribution < 1.29 is 9.47 Å². The number of benzene rings is 2. The van der Waals surface area contributed by atoms with Crippen LogP contribution in [0.2, 0.25) is 0 Å². The van der Waals surface area contributed by atoms with Crippen LogP contribution in [0.15, 0.2) is 30.3 Å². The van der Waals surface area contributed by atoms with E-state index >= 15 is 0 Å². The predicted octanol–water partition coefficient (Wildman–Crippen LogP) is 3.96. The van der Waals surface area contributed by atoms with E-state index in [0.29, 0.717) is 0 Å². The number of aryl methyl sites for hydroxylation is 3. The molecular weight excluding hydrogens is 286 g/mol. The van der Waals surface area contributed by atoms with E-state index in [4.69, 9.17) is 9.47 Å². The quantitative estimate of drug-likeness (QED) is 0.785. The number of ether oxygens (including phenoxy) is 2. The summed E-state index contributed by atoms with van der Waals surface area (Å²) in [6, 6.07) is 10.6. The van der Waals surface area contributed by atoms with Crippen LogP contribution in [-0.4, -0.2) is 20.8 Å². The van der Waals surface area contributed by atoms with Gasteiger partial charge in [0.1, 0.15) is 0 Å². The first-order chi connectivity index (χ1) is 11.0. The monoisotopic (exact) mass is 313 g/mol. The highest BCUT2D eigenvalue weighted by atomic mass is 16.5. The molecule has 0 atom stereocenters. The molecule has 0 spiro atoms. The summed E-state index contributed by atoms with van der Waals surface area (Å²) in [5.74, 6) is 1.56. The third kappa shape index (κ3) is 4.49. The Labute approximate surface area is 139 Å². The van der Waals surface area contributed by atoms with Crippen molar-refractivity contribution in [3.8, 4) is 11.5 Å². The lowest BCUT2D eigenvalue weighted by Gasteiger charge is -2.13. The van der Waals surface area contributed by atoms with Crippen LogP contribution in [0.1, 0.15) is 27.8 Å². The van der Waals surface area contributed by atoms with Crippen molar-refractivity contribution in [3.05, 3.63) is 58.1 Å². The largest absolute Gasteiger partial charge is 0.493 e. The van der Waals surface area contributed by atoms with Crippen LogP contribution < -0.4 is 14.8 Å². The van der Waals surface area contributed by atoms with Gasteiger partial charge in [-0.1, -0.05) is 23.8 Å². The van der Waals surface area contributed by atoms with E-state index in [2.05, 4.69) is 44.3 Å². The second-order valence-corrected chi connectivity index (χ2v) is 5.99. The van der Waals surface area contributed by atoms with Gasteiger partial charge in [0.15, 0.2) is 11.5 Å². The topological polar surface area (TPSA) is 30.5 Å². The van der Waals surface area contributed by atoms with Crippen LogP contribution in [0.3, 0.4) is 0 Å². The molecule has 3 nitrogen and oxygen atoms in total. The van der Waals surface area contributed by atoms with Gasteiger partial charge in [-0.05, 0) is 68.1 Å². The Bertz CT molecular complexity index is 642. The van der Waals surface area contributed by atoms with Gasteiger partial charge < -0.3 is 14.8 Å². The summed E-state index contributed by atoms with van der Waals surface area (Å²) in [6.07, 6.45) is 0.963. The van der Waals surface area contributed by atoms with Gasteiger partial charge in [0, 0.05) is 6.54 Å².